The van der Waals surface area contributed by atoms with Crippen LogP contribution in [-0.2, 0) is 22.5 Å². The highest BCUT2D eigenvalue weighted by Gasteiger charge is 2.10. The van der Waals surface area contributed by atoms with Gasteiger partial charge in [0.2, 0.25) is 0 Å². The van der Waals surface area contributed by atoms with Crippen LogP contribution in [0.4, 0.5) is 0 Å². The lowest BCUT2D eigenvalue weighted by Crippen LogP contribution is -2.19. The summed E-state index contributed by atoms with van der Waals surface area (Å²) in [4.78, 5) is 17.6. The monoisotopic (exact) mass is 400 g/mol. The van der Waals surface area contributed by atoms with E-state index in [0.717, 1.165) is 27.3 Å². The number of nitrogens with zero attached hydrogens (tertiary/aromatic N) is 2. The number of carbonyl (C=O) groups is 1. The Morgan fingerprint density at radius 1 is 1.11 bits per heavy atom. The molecule has 3 aromatic rings. The Kier molecular flexibility index (Phi) is 6.84. The van der Waals surface area contributed by atoms with Gasteiger partial charge in [-0.15, -0.1) is 0 Å². The first-order valence-corrected chi connectivity index (χ1v) is 9.92. The summed E-state index contributed by atoms with van der Waals surface area (Å²) in [5.74, 6) is 1.39. The maximum Gasteiger partial charge on any atom is 0.252 e. The Labute approximate surface area is 168 Å². The van der Waals surface area contributed by atoms with Gasteiger partial charge in [0, 0.05) is 13.7 Å². The van der Waals surface area contributed by atoms with Crippen LogP contribution >= 0.6 is 11.3 Å². The second-order valence-electron chi connectivity index (χ2n) is 6.12. The summed E-state index contributed by atoms with van der Waals surface area (Å²) in [5, 5.41) is 0. The third-order valence-electron chi connectivity index (χ3n) is 4.22. The average molecular weight is 401 g/mol. The smallest absolute Gasteiger partial charge is 0.252 e. The number of thiazole rings is 1. The van der Waals surface area contributed by atoms with Gasteiger partial charge in [0.25, 0.3) is 5.91 Å². The molecule has 0 fully saturated rings. The number of carbonyl (C=O) groups excluding carboxylic acids is 1. The first kappa shape index (κ1) is 20.1. The molecular formula is C21H24N2O4S. The van der Waals surface area contributed by atoms with Crippen LogP contribution in [-0.4, -0.2) is 37.9 Å². The molecule has 0 saturated carbocycles. The molecule has 0 atom stereocenters. The standard InChI is InChI=1S/C21H24N2O4S/c1-4-27-16-7-5-15(6-8-16)13-20(24)22-21-23(11-12-25-2)18-10-9-17(26-3)14-19(18)28-21/h5-10,14H,4,11-13H2,1-3H3. The van der Waals surface area contributed by atoms with Crippen molar-refractivity contribution in [2.75, 3.05) is 27.4 Å². The quantitative estimate of drug-likeness (QED) is 0.581. The van der Waals surface area contributed by atoms with E-state index in [2.05, 4.69) is 4.99 Å². The number of methoxy groups -OCH3 is 2. The molecule has 0 aliphatic heterocycles. The van der Waals surface area contributed by atoms with Crippen molar-refractivity contribution in [1.82, 2.24) is 4.57 Å². The molecule has 0 radical (unpaired) electrons. The van der Waals surface area contributed by atoms with E-state index >= 15 is 0 Å². The third-order valence-corrected chi connectivity index (χ3v) is 5.26. The largest absolute Gasteiger partial charge is 0.497 e. The summed E-state index contributed by atoms with van der Waals surface area (Å²) in [5.41, 5.74) is 1.92. The maximum atomic E-state index is 12.6. The predicted molar refractivity (Wildman–Crippen MR) is 110 cm³/mol. The summed E-state index contributed by atoms with van der Waals surface area (Å²) < 4.78 is 19.0. The number of hydrogen-bond acceptors (Lipinski definition) is 5. The van der Waals surface area contributed by atoms with Gasteiger partial charge in [0.05, 0.1) is 37.0 Å². The van der Waals surface area contributed by atoms with E-state index in [1.54, 1.807) is 14.2 Å². The van der Waals surface area contributed by atoms with Gasteiger partial charge in [-0.3, -0.25) is 4.79 Å². The number of fused-ring (bicyclic) bond motifs is 1. The van der Waals surface area contributed by atoms with Crippen LogP contribution in [0.1, 0.15) is 12.5 Å². The van der Waals surface area contributed by atoms with E-state index in [0.29, 0.717) is 24.6 Å². The number of ether oxygens (including phenoxy) is 3. The van der Waals surface area contributed by atoms with Gasteiger partial charge in [-0.2, -0.15) is 4.99 Å². The molecule has 0 unspecified atom stereocenters. The molecule has 1 heterocycles. The molecule has 0 spiro atoms. The van der Waals surface area contributed by atoms with Crippen molar-refractivity contribution in [3.05, 3.63) is 52.8 Å². The fourth-order valence-corrected chi connectivity index (χ4v) is 3.96. The lowest BCUT2D eigenvalue weighted by atomic mass is 10.1. The van der Waals surface area contributed by atoms with Crippen molar-refractivity contribution in [1.29, 1.82) is 0 Å². The van der Waals surface area contributed by atoms with Gasteiger partial charge in [0.1, 0.15) is 11.5 Å². The van der Waals surface area contributed by atoms with Gasteiger partial charge in [-0.05, 0) is 42.8 Å². The summed E-state index contributed by atoms with van der Waals surface area (Å²) in [6, 6.07) is 13.4. The Balaban J connectivity index is 1.89. The summed E-state index contributed by atoms with van der Waals surface area (Å²) in [7, 11) is 3.30. The minimum atomic E-state index is -0.186. The maximum absolute atomic E-state index is 12.6. The van der Waals surface area contributed by atoms with Gasteiger partial charge in [0.15, 0.2) is 4.80 Å². The first-order valence-electron chi connectivity index (χ1n) is 9.10. The molecule has 1 amide bonds. The van der Waals surface area contributed by atoms with Gasteiger partial charge in [-0.1, -0.05) is 23.5 Å². The fraction of sp³-hybridized carbons (Fsp3) is 0.333. The normalized spacial score (nSPS) is 11.8. The highest BCUT2D eigenvalue weighted by Crippen LogP contribution is 2.23. The number of rotatable bonds is 8. The van der Waals surface area contributed by atoms with Gasteiger partial charge >= 0.3 is 0 Å². The van der Waals surface area contributed by atoms with E-state index in [1.165, 1.54) is 11.3 Å². The zero-order valence-corrected chi connectivity index (χ0v) is 17.1. The van der Waals surface area contributed by atoms with Crippen LogP contribution in [0, 0.1) is 0 Å². The molecule has 7 heteroatoms. The topological polar surface area (TPSA) is 62.0 Å². The van der Waals surface area contributed by atoms with Crippen molar-refractivity contribution in [2.24, 2.45) is 4.99 Å². The Hall–Kier alpha value is -2.64. The average Bonchev–Trinajstić information content (AvgIpc) is 3.03. The molecule has 148 valence electrons. The molecule has 0 aliphatic carbocycles. The van der Waals surface area contributed by atoms with Crippen molar-refractivity contribution >= 4 is 27.5 Å². The SMILES string of the molecule is CCOc1ccc(CC(=O)N=c2sc3cc(OC)ccc3n2CCOC)cc1. The molecule has 0 aliphatic rings. The number of hydrogen-bond donors (Lipinski definition) is 0. The Bertz CT molecular complexity index is 1010. The summed E-state index contributed by atoms with van der Waals surface area (Å²) in [6.07, 6.45) is 0.244. The van der Waals surface area contributed by atoms with E-state index in [9.17, 15) is 4.79 Å². The predicted octanol–water partition coefficient (Wildman–Crippen LogP) is 3.43. The molecule has 28 heavy (non-hydrogen) atoms. The van der Waals surface area contributed by atoms with Crippen molar-refractivity contribution in [3.8, 4) is 11.5 Å². The van der Waals surface area contributed by atoms with Crippen molar-refractivity contribution in [3.63, 3.8) is 0 Å². The highest BCUT2D eigenvalue weighted by molar-refractivity contribution is 7.16. The molecule has 1 aromatic heterocycles. The minimum absolute atomic E-state index is 0.186. The number of amides is 1. The van der Waals surface area contributed by atoms with E-state index in [1.807, 2.05) is 54.0 Å². The molecule has 0 N–H and O–H groups in total. The van der Waals surface area contributed by atoms with E-state index in [4.69, 9.17) is 14.2 Å². The van der Waals surface area contributed by atoms with Crippen LogP contribution in [0.15, 0.2) is 47.5 Å². The van der Waals surface area contributed by atoms with Crippen molar-refractivity contribution < 1.29 is 19.0 Å². The lowest BCUT2D eigenvalue weighted by Gasteiger charge is -2.05. The van der Waals surface area contributed by atoms with Crippen molar-refractivity contribution in [2.45, 2.75) is 19.9 Å². The molecule has 6 nitrogen and oxygen atoms in total. The number of aromatic nitrogens is 1. The summed E-state index contributed by atoms with van der Waals surface area (Å²) >= 11 is 1.47. The van der Waals surface area contributed by atoms with Crippen LogP contribution in [0.2, 0.25) is 0 Å². The van der Waals surface area contributed by atoms with Gasteiger partial charge < -0.3 is 18.8 Å². The van der Waals surface area contributed by atoms with Crippen LogP contribution in [0.25, 0.3) is 10.2 Å². The number of benzene rings is 2. The van der Waals surface area contributed by atoms with E-state index < -0.39 is 0 Å². The van der Waals surface area contributed by atoms with E-state index in [-0.39, 0.29) is 12.3 Å². The zero-order valence-electron chi connectivity index (χ0n) is 16.3. The fourth-order valence-electron chi connectivity index (χ4n) is 2.86. The molecular weight excluding hydrogens is 376 g/mol. The Morgan fingerprint density at radius 2 is 1.86 bits per heavy atom. The second-order valence-corrected chi connectivity index (χ2v) is 7.13. The molecule has 0 bridgehead atoms. The minimum Gasteiger partial charge on any atom is -0.497 e. The lowest BCUT2D eigenvalue weighted by molar-refractivity contribution is -0.117. The summed E-state index contributed by atoms with van der Waals surface area (Å²) in [6.45, 7) is 3.72. The third kappa shape index (κ3) is 4.79. The van der Waals surface area contributed by atoms with Crippen LogP contribution in [0.5, 0.6) is 11.5 Å². The molecule has 0 saturated heterocycles. The molecule has 2 aromatic carbocycles. The van der Waals surface area contributed by atoms with Gasteiger partial charge in [-0.25, -0.2) is 0 Å². The zero-order chi connectivity index (χ0) is 19.9. The molecule has 3 rings (SSSR count). The van der Waals surface area contributed by atoms with Crippen LogP contribution < -0.4 is 14.3 Å². The highest BCUT2D eigenvalue weighted by atomic mass is 32.1. The van der Waals surface area contributed by atoms with Crippen LogP contribution in [0.3, 0.4) is 0 Å². The Morgan fingerprint density at radius 3 is 2.54 bits per heavy atom. The second kappa shape index (κ2) is 9.52. The first-order chi connectivity index (χ1) is 13.6.